The maximum atomic E-state index is 12.7. The molecular formula is C29H28N2O3. The van der Waals surface area contributed by atoms with E-state index in [2.05, 4.69) is 41.7 Å². The number of carbonyl (C=O) groups excluding carboxylic acids is 1. The number of carboxylic acids is 1. The second kappa shape index (κ2) is 9.56. The van der Waals surface area contributed by atoms with Crippen LogP contribution in [0.2, 0.25) is 0 Å². The van der Waals surface area contributed by atoms with Gasteiger partial charge in [0, 0.05) is 23.7 Å². The standard InChI is InChI=1S/C29H28N2O3/c32-28(33)18-20-6-8-21(9-7-20)22-10-12-23(13-11-22)24-14-15-27-25(19-24)16-17-31(27)29(34)30-26-4-2-1-3-5-26/h1-5,10-17,19-21H,6-9,18H2,(H,30,34)(H,32,33)/t20-,21-. The van der Waals surface area contributed by atoms with Gasteiger partial charge in [-0.25, -0.2) is 4.79 Å². The van der Waals surface area contributed by atoms with Crippen LogP contribution in [0.1, 0.15) is 43.6 Å². The fraction of sp³-hybridized carbons (Fsp3) is 0.241. The van der Waals surface area contributed by atoms with Gasteiger partial charge in [-0.1, -0.05) is 48.5 Å². The smallest absolute Gasteiger partial charge is 0.330 e. The number of para-hydroxylation sites is 1. The van der Waals surface area contributed by atoms with Crippen LogP contribution in [0.25, 0.3) is 22.0 Å². The number of nitrogens with one attached hydrogen (secondary N) is 1. The van der Waals surface area contributed by atoms with E-state index >= 15 is 0 Å². The Kier molecular flexibility index (Phi) is 6.17. The Hall–Kier alpha value is -3.86. The molecule has 0 saturated heterocycles. The van der Waals surface area contributed by atoms with Crippen LogP contribution in [0.15, 0.2) is 85.1 Å². The summed E-state index contributed by atoms with van der Waals surface area (Å²) in [6.07, 6.45) is 6.19. The summed E-state index contributed by atoms with van der Waals surface area (Å²) in [5, 5.41) is 13.0. The molecule has 0 bridgehead atoms. The van der Waals surface area contributed by atoms with Gasteiger partial charge in [-0.15, -0.1) is 0 Å². The van der Waals surface area contributed by atoms with Gasteiger partial charge in [0.25, 0.3) is 0 Å². The topological polar surface area (TPSA) is 71.3 Å². The third kappa shape index (κ3) is 4.74. The van der Waals surface area contributed by atoms with Gasteiger partial charge < -0.3 is 10.4 Å². The summed E-state index contributed by atoms with van der Waals surface area (Å²) in [6, 6.07) is 26.1. The molecule has 0 aliphatic heterocycles. The maximum absolute atomic E-state index is 12.7. The summed E-state index contributed by atoms with van der Waals surface area (Å²) in [5.41, 5.74) is 5.23. The zero-order valence-electron chi connectivity index (χ0n) is 19.0. The molecule has 3 aromatic carbocycles. The van der Waals surface area contributed by atoms with Crippen LogP contribution in [0, 0.1) is 5.92 Å². The van der Waals surface area contributed by atoms with Crippen LogP contribution < -0.4 is 5.32 Å². The molecule has 5 rings (SSSR count). The van der Waals surface area contributed by atoms with Crippen molar-refractivity contribution >= 4 is 28.6 Å². The van der Waals surface area contributed by atoms with Crippen molar-refractivity contribution in [1.82, 2.24) is 4.57 Å². The van der Waals surface area contributed by atoms with Crippen molar-refractivity contribution < 1.29 is 14.7 Å². The molecule has 1 heterocycles. The highest BCUT2D eigenvalue weighted by atomic mass is 16.4. The monoisotopic (exact) mass is 452 g/mol. The SMILES string of the molecule is O=C(O)C[C@H]1CC[C@H](c2ccc(-c3ccc4c(ccn4C(=O)Nc4ccccc4)c3)cc2)CC1. The van der Waals surface area contributed by atoms with E-state index in [0.717, 1.165) is 53.4 Å². The molecular weight excluding hydrogens is 424 g/mol. The number of aliphatic carboxylic acids is 1. The van der Waals surface area contributed by atoms with E-state index in [0.29, 0.717) is 18.3 Å². The van der Waals surface area contributed by atoms with Crippen molar-refractivity contribution in [2.45, 2.75) is 38.0 Å². The molecule has 1 aromatic heterocycles. The van der Waals surface area contributed by atoms with Gasteiger partial charge >= 0.3 is 12.0 Å². The lowest BCUT2D eigenvalue weighted by Gasteiger charge is -2.28. The van der Waals surface area contributed by atoms with E-state index in [-0.39, 0.29) is 6.03 Å². The molecule has 5 heteroatoms. The first kappa shape index (κ1) is 22.0. The molecule has 2 N–H and O–H groups in total. The molecule has 1 saturated carbocycles. The number of aromatic nitrogens is 1. The zero-order valence-corrected chi connectivity index (χ0v) is 19.0. The molecule has 5 nitrogen and oxygen atoms in total. The first-order chi connectivity index (χ1) is 16.6. The van der Waals surface area contributed by atoms with E-state index in [1.54, 1.807) is 10.8 Å². The first-order valence-corrected chi connectivity index (χ1v) is 11.9. The van der Waals surface area contributed by atoms with Gasteiger partial charge in [-0.05, 0) is 84.5 Å². The van der Waals surface area contributed by atoms with E-state index in [9.17, 15) is 9.59 Å². The Labute approximate surface area is 199 Å². The third-order valence-corrected chi connectivity index (χ3v) is 6.96. The average molecular weight is 453 g/mol. The Morgan fingerprint density at radius 1 is 0.853 bits per heavy atom. The Balaban J connectivity index is 1.28. The number of hydrogen-bond acceptors (Lipinski definition) is 2. The Bertz CT molecular complexity index is 1300. The lowest BCUT2D eigenvalue weighted by Crippen LogP contribution is -2.18. The molecule has 0 radical (unpaired) electrons. The fourth-order valence-corrected chi connectivity index (χ4v) is 5.10. The first-order valence-electron chi connectivity index (χ1n) is 11.9. The summed E-state index contributed by atoms with van der Waals surface area (Å²) in [4.78, 5) is 23.7. The van der Waals surface area contributed by atoms with Crippen molar-refractivity contribution in [3.8, 4) is 11.1 Å². The van der Waals surface area contributed by atoms with Crippen molar-refractivity contribution in [1.29, 1.82) is 0 Å². The van der Waals surface area contributed by atoms with Gasteiger partial charge in [0.2, 0.25) is 0 Å². The Morgan fingerprint density at radius 3 is 2.26 bits per heavy atom. The van der Waals surface area contributed by atoms with E-state index in [1.807, 2.05) is 42.5 Å². The second-order valence-corrected chi connectivity index (χ2v) is 9.19. The van der Waals surface area contributed by atoms with Gasteiger partial charge in [0.1, 0.15) is 0 Å². The average Bonchev–Trinajstić information content (AvgIpc) is 3.28. The number of nitrogens with zero attached hydrogens (tertiary/aromatic N) is 1. The van der Waals surface area contributed by atoms with E-state index in [4.69, 9.17) is 5.11 Å². The summed E-state index contributed by atoms with van der Waals surface area (Å²) in [5.74, 6) is 0.150. The van der Waals surface area contributed by atoms with Crippen LogP contribution in [0.4, 0.5) is 10.5 Å². The predicted molar refractivity (Wildman–Crippen MR) is 135 cm³/mol. The van der Waals surface area contributed by atoms with E-state index < -0.39 is 5.97 Å². The number of amides is 1. The largest absolute Gasteiger partial charge is 0.481 e. The number of anilines is 1. The molecule has 4 aromatic rings. The molecule has 1 amide bonds. The quantitative estimate of drug-likeness (QED) is 0.338. The van der Waals surface area contributed by atoms with Gasteiger partial charge in [-0.3, -0.25) is 9.36 Å². The number of carboxylic acid groups (broad SMARTS) is 1. The van der Waals surface area contributed by atoms with Crippen LogP contribution >= 0.6 is 0 Å². The van der Waals surface area contributed by atoms with Crippen LogP contribution in [0.3, 0.4) is 0 Å². The summed E-state index contributed by atoms with van der Waals surface area (Å²) < 4.78 is 1.63. The molecule has 172 valence electrons. The summed E-state index contributed by atoms with van der Waals surface area (Å²) in [7, 11) is 0. The lowest BCUT2D eigenvalue weighted by atomic mass is 9.77. The minimum atomic E-state index is -0.683. The van der Waals surface area contributed by atoms with Gasteiger partial charge in [0.15, 0.2) is 0 Å². The summed E-state index contributed by atoms with van der Waals surface area (Å²) in [6.45, 7) is 0. The van der Waals surface area contributed by atoms with Crippen molar-refractivity contribution in [2.24, 2.45) is 5.92 Å². The predicted octanol–water partition coefficient (Wildman–Crippen LogP) is 7.14. The van der Waals surface area contributed by atoms with Crippen LogP contribution in [-0.2, 0) is 4.79 Å². The minimum absolute atomic E-state index is 0.184. The maximum Gasteiger partial charge on any atom is 0.330 e. The van der Waals surface area contributed by atoms with E-state index in [1.165, 1.54) is 5.56 Å². The normalized spacial score (nSPS) is 18.0. The van der Waals surface area contributed by atoms with Crippen molar-refractivity contribution in [2.75, 3.05) is 5.32 Å². The Morgan fingerprint density at radius 2 is 1.56 bits per heavy atom. The highest BCUT2D eigenvalue weighted by Gasteiger charge is 2.24. The highest BCUT2D eigenvalue weighted by molar-refractivity contribution is 5.99. The summed E-state index contributed by atoms with van der Waals surface area (Å²) >= 11 is 0. The minimum Gasteiger partial charge on any atom is -0.481 e. The molecule has 1 fully saturated rings. The molecule has 1 aliphatic carbocycles. The van der Waals surface area contributed by atoms with Gasteiger partial charge in [-0.2, -0.15) is 0 Å². The molecule has 0 atom stereocenters. The lowest BCUT2D eigenvalue weighted by molar-refractivity contribution is -0.138. The number of rotatable bonds is 5. The third-order valence-electron chi connectivity index (χ3n) is 6.96. The molecule has 0 unspecified atom stereocenters. The zero-order chi connectivity index (χ0) is 23.5. The number of fused-ring (bicyclic) bond motifs is 1. The molecule has 0 spiro atoms. The van der Waals surface area contributed by atoms with Gasteiger partial charge in [0.05, 0.1) is 5.52 Å². The molecule has 1 aliphatic rings. The number of carbonyl (C=O) groups is 2. The second-order valence-electron chi connectivity index (χ2n) is 9.19. The fourth-order valence-electron chi connectivity index (χ4n) is 5.10. The van der Waals surface area contributed by atoms with Crippen LogP contribution in [-0.4, -0.2) is 21.7 Å². The van der Waals surface area contributed by atoms with Crippen molar-refractivity contribution in [3.63, 3.8) is 0 Å². The number of benzene rings is 3. The number of hydrogen-bond donors (Lipinski definition) is 2. The molecule has 34 heavy (non-hydrogen) atoms. The highest BCUT2D eigenvalue weighted by Crippen LogP contribution is 2.37. The van der Waals surface area contributed by atoms with Crippen LogP contribution in [0.5, 0.6) is 0 Å². The van der Waals surface area contributed by atoms with Crippen molar-refractivity contribution in [3.05, 3.63) is 90.6 Å².